The zero-order chi connectivity index (χ0) is 26.2. The molecule has 0 saturated heterocycles. The van der Waals surface area contributed by atoms with E-state index in [9.17, 15) is 0 Å². The fourth-order valence-corrected chi connectivity index (χ4v) is 2.72. The Bertz CT molecular complexity index is 383. The molecule has 0 N–H and O–H groups in total. The summed E-state index contributed by atoms with van der Waals surface area (Å²) >= 11 is 2.14. The molecule has 194 valence electrons. The van der Waals surface area contributed by atoms with Gasteiger partial charge in [-0.3, -0.25) is 0 Å². The minimum atomic E-state index is 0.556. The molecule has 0 spiro atoms. The molecular formula is C29H59N3Ti. The summed E-state index contributed by atoms with van der Waals surface area (Å²) in [6, 6.07) is 3.33. The second kappa shape index (κ2) is 26.7. The van der Waals surface area contributed by atoms with Gasteiger partial charge in [-0.15, -0.1) is 36.3 Å². The first-order valence-corrected chi connectivity index (χ1v) is 14.5. The number of hydrogen-bond donors (Lipinski definition) is 0. The van der Waals surface area contributed by atoms with Crippen LogP contribution in [-0.2, 0) is 20.4 Å². The van der Waals surface area contributed by atoms with Crippen LogP contribution in [0.3, 0.4) is 0 Å². The van der Waals surface area contributed by atoms with Gasteiger partial charge in [-0.05, 0) is 0 Å². The monoisotopic (exact) mass is 497 g/mol. The molecule has 0 saturated carbocycles. The van der Waals surface area contributed by atoms with Crippen molar-refractivity contribution < 1.29 is 20.4 Å². The Morgan fingerprint density at radius 2 is 0.818 bits per heavy atom. The van der Waals surface area contributed by atoms with Crippen molar-refractivity contribution in [1.29, 1.82) is 0 Å². The Kier molecular flexibility index (Phi) is 30.4. The van der Waals surface area contributed by atoms with E-state index >= 15 is 0 Å². The minimum absolute atomic E-state index is 0.556. The van der Waals surface area contributed by atoms with E-state index in [-0.39, 0.29) is 0 Å². The molecule has 0 fully saturated rings. The molecule has 0 aliphatic heterocycles. The Labute approximate surface area is 222 Å². The van der Waals surface area contributed by atoms with Gasteiger partial charge in [0.1, 0.15) is 0 Å². The van der Waals surface area contributed by atoms with Gasteiger partial charge in [0.2, 0.25) is 0 Å². The van der Waals surface area contributed by atoms with Crippen molar-refractivity contribution >= 4 is 0 Å². The maximum atomic E-state index is 4.51. The Balaban J connectivity index is -0.000000367. The molecule has 0 amide bonds. The molecule has 0 aromatic rings. The van der Waals surface area contributed by atoms with Gasteiger partial charge in [0.05, 0.1) is 0 Å². The first-order valence-electron chi connectivity index (χ1n) is 13.7. The average Bonchev–Trinajstić information content (AvgIpc) is 3.30. The Morgan fingerprint density at radius 3 is 0.909 bits per heavy atom. The molecule has 0 aromatic heterocycles. The standard InChI is InChI=1S/3C8H18N.C5H5.Ti/c3*1-5-7(3)9-8(4)6-2;1-2-4-5-3-1;/h3*7-8H,5-6H2,1-4H3;1-3H,4H2;/q3*-1;;+3. The summed E-state index contributed by atoms with van der Waals surface area (Å²) in [5.74, 6) is 0. The van der Waals surface area contributed by atoms with Crippen molar-refractivity contribution in [2.24, 2.45) is 0 Å². The van der Waals surface area contributed by atoms with Crippen molar-refractivity contribution in [3.8, 4) is 0 Å². The van der Waals surface area contributed by atoms with Crippen LogP contribution in [0.5, 0.6) is 0 Å². The van der Waals surface area contributed by atoms with Crippen LogP contribution >= 0.6 is 0 Å². The van der Waals surface area contributed by atoms with Crippen LogP contribution in [0.2, 0.25) is 0 Å². The van der Waals surface area contributed by atoms with Gasteiger partial charge in [0, 0.05) is 0 Å². The SMILES string of the molecule is CCC(C)[N-]C(C)CC.CCC(C)[N-]C(C)CC.CCC(C)[N-]C(C)CC.[Ti+3][C]1=CC=CC1. The summed E-state index contributed by atoms with van der Waals surface area (Å²) in [4.78, 5) is 0. The fraction of sp³-hybridized carbons (Fsp3) is 0.862. The van der Waals surface area contributed by atoms with Gasteiger partial charge in [-0.2, -0.15) is 0 Å². The van der Waals surface area contributed by atoms with Crippen LogP contribution in [0, 0.1) is 0 Å². The van der Waals surface area contributed by atoms with Crippen LogP contribution in [0.1, 0.15) is 128 Å². The topological polar surface area (TPSA) is 42.3 Å². The quantitative estimate of drug-likeness (QED) is 0.241. The van der Waals surface area contributed by atoms with E-state index in [1.54, 1.807) is 0 Å². The number of hydrogen-bond acceptors (Lipinski definition) is 0. The maximum absolute atomic E-state index is 4.51. The first-order chi connectivity index (χ1) is 15.5. The molecular weight excluding hydrogens is 438 g/mol. The Hall–Kier alpha value is 0.0743. The summed E-state index contributed by atoms with van der Waals surface area (Å²) in [5.41, 5.74) is 0. The fourth-order valence-electron chi connectivity index (χ4n) is 2.38. The summed E-state index contributed by atoms with van der Waals surface area (Å²) in [7, 11) is 0. The van der Waals surface area contributed by atoms with E-state index in [2.05, 4.69) is 138 Å². The molecule has 6 atom stereocenters. The predicted octanol–water partition coefficient (Wildman–Crippen LogP) is 10.2. The van der Waals surface area contributed by atoms with Crippen molar-refractivity contribution in [2.45, 2.75) is 164 Å². The van der Waals surface area contributed by atoms with Crippen molar-refractivity contribution in [3.63, 3.8) is 0 Å². The van der Waals surface area contributed by atoms with Gasteiger partial charge in [0.15, 0.2) is 0 Å². The van der Waals surface area contributed by atoms with Gasteiger partial charge in [-0.25, -0.2) is 0 Å². The van der Waals surface area contributed by atoms with E-state index in [4.69, 9.17) is 0 Å². The third kappa shape index (κ3) is 30.0. The van der Waals surface area contributed by atoms with Crippen LogP contribution in [-0.4, -0.2) is 36.3 Å². The van der Waals surface area contributed by atoms with Gasteiger partial charge < -0.3 is 16.0 Å². The van der Waals surface area contributed by atoms with Gasteiger partial charge in [-0.1, -0.05) is 122 Å². The molecule has 0 heterocycles. The van der Waals surface area contributed by atoms with Crippen LogP contribution in [0.4, 0.5) is 0 Å². The number of allylic oxidation sites excluding steroid dienone is 4. The molecule has 0 bridgehead atoms. The molecule has 6 unspecified atom stereocenters. The van der Waals surface area contributed by atoms with Crippen molar-refractivity contribution in [3.05, 3.63) is 38.1 Å². The van der Waals surface area contributed by atoms with E-state index in [1.165, 1.54) is 48.8 Å². The third-order valence-corrected chi connectivity index (χ3v) is 6.42. The van der Waals surface area contributed by atoms with E-state index in [0.29, 0.717) is 36.3 Å². The molecule has 0 radical (unpaired) electrons. The number of rotatable bonds is 12. The second-order valence-electron chi connectivity index (χ2n) is 9.32. The molecule has 33 heavy (non-hydrogen) atoms. The van der Waals surface area contributed by atoms with Crippen LogP contribution in [0.15, 0.2) is 22.1 Å². The Morgan fingerprint density at radius 1 is 0.576 bits per heavy atom. The van der Waals surface area contributed by atoms with Crippen LogP contribution < -0.4 is 0 Å². The zero-order valence-electron chi connectivity index (χ0n) is 24.5. The first kappa shape index (κ1) is 37.6. The summed E-state index contributed by atoms with van der Waals surface area (Å²) in [6.45, 7) is 26.1. The second-order valence-corrected chi connectivity index (χ2v) is 10.3. The van der Waals surface area contributed by atoms with Crippen molar-refractivity contribution in [2.75, 3.05) is 0 Å². The molecule has 1 rings (SSSR count). The zero-order valence-corrected chi connectivity index (χ0v) is 26.0. The predicted molar refractivity (Wildman–Crippen MR) is 150 cm³/mol. The van der Waals surface area contributed by atoms with E-state index in [1.807, 2.05) is 0 Å². The normalized spacial score (nSPS) is 17.6. The summed E-state index contributed by atoms with van der Waals surface area (Å²) in [6.07, 6.45) is 14.6. The summed E-state index contributed by atoms with van der Waals surface area (Å²) < 4.78 is 1.47. The molecule has 4 heteroatoms. The molecule has 1 aliphatic carbocycles. The van der Waals surface area contributed by atoms with Gasteiger partial charge in [0.25, 0.3) is 0 Å². The van der Waals surface area contributed by atoms with Gasteiger partial charge >= 0.3 is 49.0 Å². The average molecular weight is 498 g/mol. The number of nitrogens with zero attached hydrogens (tertiary/aromatic N) is 3. The summed E-state index contributed by atoms with van der Waals surface area (Å²) in [5, 5.41) is 13.5. The van der Waals surface area contributed by atoms with E-state index < -0.39 is 0 Å². The van der Waals surface area contributed by atoms with Crippen molar-refractivity contribution in [1.82, 2.24) is 0 Å². The molecule has 1 aliphatic rings. The third-order valence-electron chi connectivity index (χ3n) is 5.84. The van der Waals surface area contributed by atoms with E-state index in [0.717, 1.165) is 0 Å². The van der Waals surface area contributed by atoms with Crippen LogP contribution in [0.25, 0.3) is 16.0 Å². The molecule has 0 aromatic carbocycles. The molecule has 3 nitrogen and oxygen atoms in total.